The molecule has 2 aliphatic rings. The third kappa shape index (κ3) is 3.11. The average Bonchev–Trinajstić information content (AvgIpc) is 3.30. The minimum absolute atomic E-state index is 0.146. The molecule has 2 aromatic rings. The quantitative estimate of drug-likeness (QED) is 0.774. The number of thiazole rings is 1. The molecule has 0 unspecified atom stereocenters. The molecule has 1 aromatic carbocycles. The van der Waals surface area contributed by atoms with Gasteiger partial charge in [0.15, 0.2) is 5.13 Å². The van der Waals surface area contributed by atoms with Gasteiger partial charge in [-0.15, -0.1) is 11.3 Å². The maximum absolute atomic E-state index is 12.7. The number of nitrogens with zero attached hydrogens (tertiary/aromatic N) is 1. The number of hydrogen-bond donors (Lipinski definition) is 2. The predicted molar refractivity (Wildman–Crippen MR) is 99.3 cm³/mol. The number of fused-ring (bicyclic) bond motifs is 2. The highest BCUT2D eigenvalue weighted by Crippen LogP contribution is 2.52. The molecule has 2 aliphatic carbocycles. The molecule has 2 bridgehead atoms. The summed E-state index contributed by atoms with van der Waals surface area (Å²) in [5.41, 5.74) is 1.78. The Morgan fingerprint density at radius 3 is 2.52 bits per heavy atom. The predicted octanol–water partition coefficient (Wildman–Crippen LogP) is 4.26. The van der Waals surface area contributed by atoms with Crippen LogP contribution in [0.3, 0.4) is 0 Å². The molecule has 0 radical (unpaired) electrons. The highest BCUT2D eigenvalue weighted by molar-refractivity contribution is 9.10. The van der Waals surface area contributed by atoms with Crippen LogP contribution in [0.5, 0.6) is 0 Å². The SMILES string of the molecule is O=C(Nc1nc(-c2ccc(Br)cc2)cs1)[C@@H]1[C@@H]2CC[C@@H](C2)[C@@H]1C(=O)O. The van der Waals surface area contributed by atoms with Crippen molar-refractivity contribution in [2.75, 3.05) is 5.32 Å². The van der Waals surface area contributed by atoms with Gasteiger partial charge in [-0.25, -0.2) is 4.98 Å². The van der Waals surface area contributed by atoms with Gasteiger partial charge in [0.2, 0.25) is 5.91 Å². The van der Waals surface area contributed by atoms with E-state index in [1.807, 2.05) is 29.6 Å². The Bertz CT molecular complexity index is 820. The number of halogens is 1. The van der Waals surface area contributed by atoms with Crippen LogP contribution in [-0.2, 0) is 9.59 Å². The summed E-state index contributed by atoms with van der Waals surface area (Å²) < 4.78 is 0.996. The molecule has 25 heavy (non-hydrogen) atoms. The number of rotatable bonds is 4. The maximum Gasteiger partial charge on any atom is 0.307 e. The minimum atomic E-state index is -0.845. The van der Waals surface area contributed by atoms with Crippen LogP contribution in [0.1, 0.15) is 19.3 Å². The Morgan fingerprint density at radius 1 is 1.16 bits per heavy atom. The second-order valence-corrected chi connectivity index (χ2v) is 8.53. The van der Waals surface area contributed by atoms with E-state index in [-0.39, 0.29) is 17.7 Å². The Balaban J connectivity index is 1.50. The van der Waals surface area contributed by atoms with Crippen molar-refractivity contribution < 1.29 is 14.7 Å². The smallest absolute Gasteiger partial charge is 0.307 e. The highest BCUT2D eigenvalue weighted by Gasteiger charge is 2.54. The monoisotopic (exact) mass is 420 g/mol. The van der Waals surface area contributed by atoms with Crippen LogP contribution in [0.4, 0.5) is 5.13 Å². The summed E-state index contributed by atoms with van der Waals surface area (Å²) in [7, 11) is 0. The van der Waals surface area contributed by atoms with E-state index < -0.39 is 17.8 Å². The third-order valence-corrected chi connectivity index (χ3v) is 6.66. The molecule has 130 valence electrons. The van der Waals surface area contributed by atoms with Crippen molar-refractivity contribution in [2.45, 2.75) is 19.3 Å². The van der Waals surface area contributed by atoms with Crippen LogP contribution >= 0.6 is 27.3 Å². The Labute approximate surface area is 157 Å². The fourth-order valence-electron chi connectivity index (χ4n) is 4.30. The standard InChI is InChI=1S/C18H17BrN2O3S/c19-12-5-3-9(4-6-12)13-8-25-18(20-13)21-16(22)14-10-1-2-11(7-10)15(14)17(23)24/h3-6,8,10-11,14-15H,1-2,7H2,(H,23,24)(H,20,21,22)/t10-,11+,14-,15+/m1/s1. The molecule has 7 heteroatoms. The van der Waals surface area contributed by atoms with Crippen LogP contribution in [0, 0.1) is 23.7 Å². The number of hydrogen-bond acceptors (Lipinski definition) is 4. The van der Waals surface area contributed by atoms with Crippen LogP contribution in [0.15, 0.2) is 34.1 Å². The van der Waals surface area contributed by atoms with Crippen molar-refractivity contribution in [2.24, 2.45) is 23.7 Å². The fraction of sp³-hybridized carbons (Fsp3) is 0.389. The van der Waals surface area contributed by atoms with Gasteiger partial charge in [-0.2, -0.15) is 0 Å². The number of carboxylic acids is 1. The van der Waals surface area contributed by atoms with Crippen molar-refractivity contribution in [3.05, 3.63) is 34.1 Å². The van der Waals surface area contributed by atoms with Gasteiger partial charge in [-0.3, -0.25) is 9.59 Å². The molecule has 2 fully saturated rings. The molecule has 1 heterocycles. The molecule has 0 spiro atoms. The first-order valence-electron chi connectivity index (χ1n) is 8.28. The Kier molecular flexibility index (Phi) is 4.37. The summed E-state index contributed by atoms with van der Waals surface area (Å²) in [5, 5.41) is 14.8. The van der Waals surface area contributed by atoms with Gasteiger partial charge in [0, 0.05) is 15.4 Å². The van der Waals surface area contributed by atoms with Crippen molar-refractivity contribution in [1.82, 2.24) is 4.98 Å². The number of nitrogens with one attached hydrogen (secondary N) is 1. The van der Waals surface area contributed by atoms with Crippen molar-refractivity contribution in [3.8, 4) is 11.3 Å². The average molecular weight is 421 g/mol. The van der Waals surface area contributed by atoms with E-state index in [1.54, 1.807) is 0 Å². The van der Waals surface area contributed by atoms with E-state index in [4.69, 9.17) is 0 Å². The molecular formula is C18H17BrN2O3S. The topological polar surface area (TPSA) is 79.3 Å². The van der Waals surface area contributed by atoms with Crippen LogP contribution in [0.2, 0.25) is 0 Å². The molecule has 2 saturated carbocycles. The number of aromatic nitrogens is 1. The van der Waals surface area contributed by atoms with Crippen molar-refractivity contribution in [1.29, 1.82) is 0 Å². The lowest BCUT2D eigenvalue weighted by atomic mass is 9.79. The lowest BCUT2D eigenvalue weighted by Gasteiger charge is -2.26. The molecule has 0 aliphatic heterocycles. The van der Waals surface area contributed by atoms with Gasteiger partial charge in [0.1, 0.15) is 0 Å². The van der Waals surface area contributed by atoms with E-state index in [9.17, 15) is 14.7 Å². The maximum atomic E-state index is 12.7. The summed E-state index contributed by atoms with van der Waals surface area (Å²) >= 11 is 4.77. The Morgan fingerprint density at radius 2 is 1.84 bits per heavy atom. The molecule has 1 aromatic heterocycles. The molecular weight excluding hydrogens is 404 g/mol. The highest BCUT2D eigenvalue weighted by atomic mass is 79.9. The van der Waals surface area contributed by atoms with Crippen LogP contribution in [0.25, 0.3) is 11.3 Å². The van der Waals surface area contributed by atoms with Gasteiger partial charge >= 0.3 is 5.97 Å². The summed E-state index contributed by atoms with van der Waals surface area (Å²) in [5.74, 6) is -1.69. The second kappa shape index (κ2) is 6.53. The van der Waals surface area contributed by atoms with Crippen molar-refractivity contribution >= 4 is 44.3 Å². The van der Waals surface area contributed by atoms with E-state index in [0.29, 0.717) is 5.13 Å². The first-order chi connectivity index (χ1) is 12.0. The molecule has 0 saturated heterocycles. The number of amides is 1. The molecule has 4 atom stereocenters. The van der Waals surface area contributed by atoms with Gasteiger partial charge in [0.25, 0.3) is 0 Å². The summed E-state index contributed by atoms with van der Waals surface area (Å²) in [6.07, 6.45) is 2.74. The molecule has 1 amide bonds. The van der Waals surface area contributed by atoms with E-state index >= 15 is 0 Å². The number of carbonyl (C=O) groups is 2. The van der Waals surface area contributed by atoms with E-state index in [1.165, 1.54) is 11.3 Å². The van der Waals surface area contributed by atoms with Gasteiger partial charge in [0.05, 0.1) is 17.5 Å². The Hall–Kier alpha value is -1.73. The number of carbonyl (C=O) groups excluding carboxylic acids is 1. The fourth-order valence-corrected chi connectivity index (χ4v) is 5.28. The zero-order valence-electron chi connectivity index (χ0n) is 13.3. The van der Waals surface area contributed by atoms with Crippen LogP contribution in [-0.4, -0.2) is 22.0 Å². The summed E-state index contributed by atoms with van der Waals surface area (Å²) in [4.78, 5) is 28.8. The lowest BCUT2D eigenvalue weighted by molar-refractivity contribution is -0.148. The van der Waals surface area contributed by atoms with Crippen molar-refractivity contribution in [3.63, 3.8) is 0 Å². The zero-order valence-corrected chi connectivity index (χ0v) is 15.7. The number of anilines is 1. The van der Waals surface area contributed by atoms with E-state index in [2.05, 4.69) is 26.2 Å². The zero-order chi connectivity index (χ0) is 17.6. The normalized spacial score (nSPS) is 27.4. The van der Waals surface area contributed by atoms with Gasteiger partial charge in [-0.1, -0.05) is 28.1 Å². The molecule has 4 rings (SSSR count). The summed E-state index contributed by atoms with van der Waals surface area (Å²) in [6, 6.07) is 7.81. The summed E-state index contributed by atoms with van der Waals surface area (Å²) in [6.45, 7) is 0. The molecule has 2 N–H and O–H groups in total. The molecule has 5 nitrogen and oxygen atoms in total. The van der Waals surface area contributed by atoms with Gasteiger partial charge < -0.3 is 10.4 Å². The minimum Gasteiger partial charge on any atom is -0.481 e. The van der Waals surface area contributed by atoms with Crippen LogP contribution < -0.4 is 5.32 Å². The largest absolute Gasteiger partial charge is 0.481 e. The number of benzene rings is 1. The lowest BCUT2D eigenvalue weighted by Crippen LogP contribution is -2.37. The van der Waals surface area contributed by atoms with Gasteiger partial charge in [-0.05, 0) is 43.2 Å². The number of aliphatic carboxylic acids is 1. The van der Waals surface area contributed by atoms with E-state index in [0.717, 1.165) is 35.0 Å². The second-order valence-electron chi connectivity index (χ2n) is 6.76. The third-order valence-electron chi connectivity index (χ3n) is 5.38. The first-order valence-corrected chi connectivity index (χ1v) is 9.95. The first kappa shape index (κ1) is 16.7. The number of carboxylic acid groups (broad SMARTS) is 1.